The van der Waals surface area contributed by atoms with Gasteiger partial charge in [0, 0.05) is 44.5 Å². The normalized spacial score (nSPS) is 22.3. The predicted octanol–water partition coefficient (Wildman–Crippen LogP) is 3.11. The van der Waals surface area contributed by atoms with E-state index in [0.717, 1.165) is 7.11 Å². The van der Waals surface area contributed by atoms with Crippen LogP contribution in [0.2, 0.25) is 0 Å². The number of amides is 2. The number of nitrogens with one attached hydrogen (secondary N) is 2. The van der Waals surface area contributed by atoms with Crippen LogP contribution in [-0.4, -0.2) is 74.8 Å². The van der Waals surface area contributed by atoms with Gasteiger partial charge in [-0.2, -0.15) is 10.2 Å². The van der Waals surface area contributed by atoms with Gasteiger partial charge in [0.15, 0.2) is 11.1 Å². The quantitative estimate of drug-likeness (QED) is 0.211. The Hall–Kier alpha value is -4.24. The SMILES string of the molecule is CCn1nccc1C(=O)NC(c1cn2nc(CC3(C(=O)OC)CC(F)(F)CNC3=O)c(OC)cc2n1)C1CCC(F)(F)CC1. The fourth-order valence-electron chi connectivity index (χ4n) is 6.06. The van der Waals surface area contributed by atoms with Crippen molar-refractivity contribution in [3.63, 3.8) is 0 Å². The molecule has 2 aliphatic rings. The molecule has 1 saturated heterocycles. The van der Waals surface area contributed by atoms with E-state index in [4.69, 9.17) is 9.47 Å². The summed E-state index contributed by atoms with van der Waals surface area (Å²) in [6, 6.07) is 2.23. The Labute approximate surface area is 249 Å². The van der Waals surface area contributed by atoms with E-state index in [2.05, 4.69) is 25.8 Å². The zero-order valence-corrected chi connectivity index (χ0v) is 24.4. The number of aromatic nitrogens is 5. The molecule has 5 rings (SSSR count). The Bertz CT molecular complexity index is 1550. The maximum absolute atomic E-state index is 14.5. The molecule has 2 amide bonds. The van der Waals surface area contributed by atoms with Crippen LogP contribution in [0.4, 0.5) is 17.6 Å². The van der Waals surface area contributed by atoms with Gasteiger partial charge >= 0.3 is 5.97 Å². The first kappa shape index (κ1) is 31.2. The van der Waals surface area contributed by atoms with Crippen LogP contribution in [0.25, 0.3) is 5.65 Å². The zero-order chi connectivity index (χ0) is 31.9. The number of aryl methyl sites for hydroxylation is 1. The second kappa shape index (κ2) is 11.7. The van der Waals surface area contributed by atoms with Gasteiger partial charge in [0.25, 0.3) is 11.8 Å². The van der Waals surface area contributed by atoms with Crippen LogP contribution >= 0.6 is 0 Å². The molecule has 238 valence electrons. The summed E-state index contributed by atoms with van der Waals surface area (Å²) < 4.78 is 70.1. The van der Waals surface area contributed by atoms with Gasteiger partial charge < -0.3 is 20.1 Å². The molecule has 3 aromatic rings. The van der Waals surface area contributed by atoms with Crippen LogP contribution in [0.1, 0.15) is 66.9 Å². The van der Waals surface area contributed by atoms with Crippen LogP contribution in [-0.2, 0) is 27.3 Å². The minimum Gasteiger partial charge on any atom is -0.495 e. The van der Waals surface area contributed by atoms with Crippen molar-refractivity contribution in [2.75, 3.05) is 20.8 Å². The highest BCUT2D eigenvalue weighted by Crippen LogP contribution is 2.43. The molecular formula is C28H33F4N7O5. The number of piperidine rings is 1. The van der Waals surface area contributed by atoms with Gasteiger partial charge in [-0.25, -0.2) is 27.1 Å². The van der Waals surface area contributed by atoms with Gasteiger partial charge in [0.1, 0.15) is 17.1 Å². The minimum atomic E-state index is -3.38. The third-order valence-corrected chi connectivity index (χ3v) is 8.36. The molecule has 44 heavy (non-hydrogen) atoms. The lowest BCUT2D eigenvalue weighted by molar-refractivity contribution is -0.172. The van der Waals surface area contributed by atoms with E-state index in [9.17, 15) is 31.9 Å². The van der Waals surface area contributed by atoms with E-state index in [0.29, 0.717) is 17.9 Å². The summed E-state index contributed by atoms with van der Waals surface area (Å²) in [6.45, 7) is 1.35. The van der Waals surface area contributed by atoms with Crippen LogP contribution in [0.5, 0.6) is 5.75 Å². The molecule has 2 atom stereocenters. The van der Waals surface area contributed by atoms with Gasteiger partial charge in [0.2, 0.25) is 11.8 Å². The Kier molecular flexibility index (Phi) is 8.29. The van der Waals surface area contributed by atoms with Crippen molar-refractivity contribution in [1.82, 2.24) is 35.0 Å². The number of imidazole rings is 1. The highest BCUT2D eigenvalue weighted by molar-refractivity contribution is 6.03. The topological polar surface area (TPSA) is 142 Å². The van der Waals surface area contributed by atoms with Crippen molar-refractivity contribution < 1.29 is 41.4 Å². The van der Waals surface area contributed by atoms with Gasteiger partial charge in [0.05, 0.1) is 38.7 Å². The summed E-state index contributed by atoms with van der Waals surface area (Å²) in [7, 11) is 2.31. The van der Waals surface area contributed by atoms with Crippen molar-refractivity contribution in [3.8, 4) is 5.75 Å². The predicted molar refractivity (Wildman–Crippen MR) is 145 cm³/mol. The molecule has 3 aromatic heterocycles. The number of carbonyl (C=O) groups is 3. The molecule has 2 unspecified atom stereocenters. The van der Waals surface area contributed by atoms with E-state index in [1.54, 1.807) is 6.07 Å². The van der Waals surface area contributed by atoms with Crippen molar-refractivity contribution in [3.05, 3.63) is 41.6 Å². The third-order valence-electron chi connectivity index (χ3n) is 8.36. The molecule has 0 bridgehead atoms. The van der Waals surface area contributed by atoms with Gasteiger partial charge in [-0.15, -0.1) is 0 Å². The van der Waals surface area contributed by atoms with Crippen molar-refractivity contribution in [2.45, 2.75) is 69.9 Å². The highest BCUT2D eigenvalue weighted by Gasteiger charge is 2.57. The first-order valence-electron chi connectivity index (χ1n) is 14.2. The van der Waals surface area contributed by atoms with Crippen LogP contribution in [0, 0.1) is 11.3 Å². The second-order valence-corrected chi connectivity index (χ2v) is 11.3. The number of halogens is 4. The average Bonchev–Trinajstić information content (AvgIpc) is 3.63. The number of carbonyl (C=O) groups excluding carboxylic acids is 3. The number of hydrogen-bond acceptors (Lipinski definition) is 8. The monoisotopic (exact) mass is 623 g/mol. The van der Waals surface area contributed by atoms with Crippen LogP contribution in [0.15, 0.2) is 24.5 Å². The highest BCUT2D eigenvalue weighted by atomic mass is 19.3. The number of hydrogen-bond donors (Lipinski definition) is 2. The molecule has 4 heterocycles. The molecule has 2 fully saturated rings. The van der Waals surface area contributed by atoms with Gasteiger partial charge in [-0.05, 0) is 31.7 Å². The Morgan fingerprint density at radius 3 is 2.57 bits per heavy atom. The molecule has 0 aromatic carbocycles. The number of fused-ring (bicyclic) bond motifs is 1. The Balaban J connectivity index is 1.53. The zero-order valence-electron chi connectivity index (χ0n) is 24.4. The maximum Gasteiger partial charge on any atom is 0.322 e. The van der Waals surface area contributed by atoms with Crippen molar-refractivity contribution in [1.29, 1.82) is 0 Å². The molecule has 0 spiro atoms. The van der Waals surface area contributed by atoms with Gasteiger partial charge in [-0.3, -0.25) is 19.1 Å². The fourth-order valence-corrected chi connectivity index (χ4v) is 6.06. The molecule has 1 saturated carbocycles. The van der Waals surface area contributed by atoms with E-state index in [1.165, 1.54) is 34.8 Å². The summed E-state index contributed by atoms with van der Waals surface area (Å²) in [6.07, 6.45) is 0.898. The summed E-state index contributed by atoms with van der Waals surface area (Å²) >= 11 is 0. The fraction of sp³-hybridized carbons (Fsp3) is 0.571. The van der Waals surface area contributed by atoms with E-state index >= 15 is 0 Å². The number of rotatable bonds is 9. The number of ether oxygens (including phenoxy) is 2. The average molecular weight is 624 g/mol. The van der Waals surface area contributed by atoms with Crippen LogP contribution < -0.4 is 15.4 Å². The molecule has 1 aliphatic carbocycles. The summed E-state index contributed by atoms with van der Waals surface area (Å²) in [4.78, 5) is 43.6. The van der Waals surface area contributed by atoms with Crippen molar-refractivity contribution >= 4 is 23.4 Å². The molecule has 1 aliphatic heterocycles. The summed E-state index contributed by atoms with van der Waals surface area (Å²) in [5.41, 5.74) is -1.41. The first-order chi connectivity index (χ1) is 20.8. The lowest BCUT2D eigenvalue weighted by Crippen LogP contribution is -2.59. The van der Waals surface area contributed by atoms with E-state index < -0.39 is 60.5 Å². The second-order valence-electron chi connectivity index (χ2n) is 11.3. The minimum absolute atomic E-state index is 0.00643. The van der Waals surface area contributed by atoms with E-state index in [1.807, 2.05) is 6.92 Å². The summed E-state index contributed by atoms with van der Waals surface area (Å²) in [5, 5.41) is 13.6. The van der Waals surface area contributed by atoms with Crippen molar-refractivity contribution in [2.24, 2.45) is 11.3 Å². The smallest absolute Gasteiger partial charge is 0.322 e. The number of esters is 1. The summed E-state index contributed by atoms with van der Waals surface area (Å²) in [5.74, 6) is -9.01. The molecule has 2 N–H and O–H groups in total. The standard InChI is InChI=1S/C28H33F4N7O5/c1-4-38-19(7-10-34-38)23(40)36-22(16-5-8-27(29,30)9-6-16)18-13-39-21(35-18)11-20(43-2)17(37-39)12-26(25(42)44-3)14-28(31,32)15-33-24(26)41/h7,10-11,13,16,22H,4-6,8-9,12,14-15H2,1-3H3,(H,33,41)(H,36,40). The molecule has 12 nitrogen and oxygen atoms in total. The molecule has 0 radical (unpaired) electrons. The maximum atomic E-state index is 14.5. The number of alkyl halides is 4. The molecular weight excluding hydrogens is 590 g/mol. The number of nitrogens with zero attached hydrogens (tertiary/aromatic N) is 5. The van der Waals surface area contributed by atoms with Gasteiger partial charge in [-0.1, -0.05) is 0 Å². The lowest BCUT2D eigenvalue weighted by atomic mass is 9.74. The first-order valence-corrected chi connectivity index (χ1v) is 14.2. The third kappa shape index (κ3) is 5.93. The largest absolute Gasteiger partial charge is 0.495 e. The Morgan fingerprint density at radius 2 is 1.91 bits per heavy atom. The number of methoxy groups -OCH3 is 2. The van der Waals surface area contributed by atoms with Crippen LogP contribution in [0.3, 0.4) is 0 Å². The van der Waals surface area contributed by atoms with E-state index in [-0.39, 0.29) is 48.7 Å². The Morgan fingerprint density at radius 1 is 1.18 bits per heavy atom. The lowest BCUT2D eigenvalue weighted by Gasteiger charge is -2.37. The molecule has 16 heteroatoms.